The number of ketones is 1. The second kappa shape index (κ2) is 10.7. The summed E-state index contributed by atoms with van der Waals surface area (Å²) in [6.45, 7) is 6.18. The first-order valence-electron chi connectivity index (χ1n) is 9.36. The molecular formula is C21H23N3O7. The highest BCUT2D eigenvalue weighted by Crippen LogP contribution is 2.20. The van der Waals surface area contributed by atoms with E-state index in [9.17, 15) is 24.8 Å². The van der Waals surface area contributed by atoms with Crippen LogP contribution in [0, 0.1) is 10.1 Å². The minimum absolute atomic E-state index is 0.0217. The maximum absolute atomic E-state index is 11.1. The zero-order valence-corrected chi connectivity index (χ0v) is 17.4. The van der Waals surface area contributed by atoms with Crippen LogP contribution in [0.3, 0.4) is 0 Å². The summed E-state index contributed by atoms with van der Waals surface area (Å²) >= 11 is 0. The van der Waals surface area contributed by atoms with E-state index in [0.29, 0.717) is 18.5 Å². The highest BCUT2D eigenvalue weighted by atomic mass is 16.6. The number of hydrazone groups is 1. The number of aromatic hydroxyl groups is 1. The number of carbonyl (C=O) groups excluding carboxylic acids is 2. The third-order valence-electron chi connectivity index (χ3n) is 4.07. The van der Waals surface area contributed by atoms with Crippen LogP contribution in [-0.4, -0.2) is 46.3 Å². The first-order chi connectivity index (χ1) is 14.7. The number of allylic oxidation sites excluding steroid dienone is 2. The molecule has 1 saturated heterocycles. The van der Waals surface area contributed by atoms with Gasteiger partial charge in [-0.15, -0.1) is 0 Å². The zero-order chi connectivity index (χ0) is 23.0. The van der Waals surface area contributed by atoms with Gasteiger partial charge in [0.15, 0.2) is 11.5 Å². The van der Waals surface area contributed by atoms with Crippen molar-refractivity contribution >= 4 is 24.0 Å². The largest absolute Gasteiger partial charge is 0.508 e. The van der Waals surface area contributed by atoms with Crippen LogP contribution in [0.5, 0.6) is 5.75 Å². The van der Waals surface area contributed by atoms with Crippen LogP contribution >= 0.6 is 0 Å². The summed E-state index contributed by atoms with van der Waals surface area (Å²) in [4.78, 5) is 31.8. The summed E-state index contributed by atoms with van der Waals surface area (Å²) in [5, 5.41) is 24.8. The number of cyclic esters (lactones) is 1. The Kier molecular flexibility index (Phi) is 8.07. The minimum Gasteiger partial charge on any atom is -0.508 e. The molecule has 10 nitrogen and oxygen atoms in total. The molecule has 0 unspecified atom stereocenters. The Hall–Kier alpha value is -3.95. The number of furan rings is 1. The van der Waals surface area contributed by atoms with Crippen molar-refractivity contribution in [2.75, 3.05) is 13.2 Å². The number of ether oxygens (including phenoxy) is 1. The Morgan fingerprint density at radius 1 is 1.29 bits per heavy atom. The van der Waals surface area contributed by atoms with Gasteiger partial charge in [0.1, 0.15) is 17.3 Å². The lowest BCUT2D eigenvalue weighted by Crippen LogP contribution is -2.17. The van der Waals surface area contributed by atoms with E-state index in [4.69, 9.17) is 4.42 Å². The van der Waals surface area contributed by atoms with Gasteiger partial charge in [0.2, 0.25) is 0 Å². The Morgan fingerprint density at radius 3 is 2.58 bits per heavy atom. The molecule has 0 bridgehead atoms. The molecule has 1 aliphatic rings. The molecule has 1 aliphatic heterocycles. The average Bonchev–Trinajstić information content (AvgIpc) is 3.35. The Bertz CT molecular complexity index is 1020. The number of phenolic OH excluding ortho intramolecular Hbond substituents is 1. The van der Waals surface area contributed by atoms with Gasteiger partial charge in [0.05, 0.1) is 18.8 Å². The standard InChI is InChI=1S/C13H16O2.C8H7N3O5/c1-9(2)4-5-12-8-11(10(3)14)6-7-13(12)15;12-8-10(3-4-15-8)9-5-6-1-2-7(16-6)11(13)14/h4,6-8,15H,5H2,1-3H3;1-2,5H,3-4H2. The van der Waals surface area contributed by atoms with E-state index in [0.717, 1.165) is 10.6 Å². The first-order valence-corrected chi connectivity index (χ1v) is 9.36. The third kappa shape index (κ3) is 7.11. The minimum atomic E-state index is -0.651. The van der Waals surface area contributed by atoms with Crippen LogP contribution in [-0.2, 0) is 11.2 Å². The Labute approximate surface area is 178 Å². The summed E-state index contributed by atoms with van der Waals surface area (Å²) in [5.41, 5.74) is 2.64. The van der Waals surface area contributed by atoms with Crippen LogP contribution in [0.2, 0.25) is 0 Å². The van der Waals surface area contributed by atoms with E-state index in [1.54, 1.807) is 18.2 Å². The van der Waals surface area contributed by atoms with Crippen LogP contribution in [0.15, 0.2) is 51.5 Å². The van der Waals surface area contributed by atoms with Crippen LogP contribution < -0.4 is 0 Å². The van der Waals surface area contributed by atoms with E-state index in [-0.39, 0.29) is 29.8 Å². The van der Waals surface area contributed by atoms with E-state index < -0.39 is 11.0 Å². The fourth-order valence-corrected chi connectivity index (χ4v) is 2.41. The summed E-state index contributed by atoms with van der Waals surface area (Å²) in [6.07, 6.45) is 3.37. The molecule has 164 valence electrons. The van der Waals surface area contributed by atoms with Crippen LogP contribution in [0.25, 0.3) is 0 Å². The maximum atomic E-state index is 11.1. The van der Waals surface area contributed by atoms with Crippen molar-refractivity contribution in [1.29, 1.82) is 0 Å². The number of benzene rings is 1. The summed E-state index contributed by atoms with van der Waals surface area (Å²) in [5.74, 6) is 0.0998. The molecule has 0 atom stereocenters. The lowest BCUT2D eigenvalue weighted by atomic mass is 10.0. The predicted octanol–water partition coefficient (Wildman–Crippen LogP) is 4.08. The lowest BCUT2D eigenvalue weighted by Gasteiger charge is -2.04. The number of rotatable bonds is 6. The number of hydrogen-bond acceptors (Lipinski definition) is 8. The first kappa shape index (κ1) is 23.3. The molecule has 0 aliphatic carbocycles. The quantitative estimate of drug-likeness (QED) is 0.240. The van der Waals surface area contributed by atoms with Crippen molar-refractivity contribution in [3.63, 3.8) is 0 Å². The number of nitro groups is 1. The normalized spacial score (nSPS) is 12.9. The Balaban J connectivity index is 0.000000221. The van der Waals surface area contributed by atoms with Crippen molar-refractivity contribution in [3.05, 3.63) is 69.0 Å². The number of amides is 1. The predicted molar refractivity (Wildman–Crippen MR) is 112 cm³/mol. The summed E-state index contributed by atoms with van der Waals surface area (Å²) < 4.78 is 9.44. The molecule has 1 amide bonds. The van der Waals surface area contributed by atoms with Gasteiger partial charge >= 0.3 is 12.0 Å². The van der Waals surface area contributed by atoms with Gasteiger partial charge in [0, 0.05) is 5.56 Å². The molecule has 31 heavy (non-hydrogen) atoms. The smallest absolute Gasteiger partial charge is 0.433 e. The van der Waals surface area contributed by atoms with Gasteiger partial charge in [-0.3, -0.25) is 14.9 Å². The molecule has 0 spiro atoms. The van der Waals surface area contributed by atoms with Crippen molar-refractivity contribution in [1.82, 2.24) is 5.01 Å². The summed E-state index contributed by atoms with van der Waals surface area (Å²) in [7, 11) is 0. The lowest BCUT2D eigenvalue weighted by molar-refractivity contribution is -0.402. The maximum Gasteiger partial charge on any atom is 0.433 e. The number of Topliss-reactive ketones (excluding diaryl/α,β-unsaturated/α-hetero) is 1. The third-order valence-corrected chi connectivity index (χ3v) is 4.07. The van der Waals surface area contributed by atoms with Crippen LogP contribution in [0.4, 0.5) is 10.7 Å². The average molecular weight is 429 g/mol. The fourth-order valence-electron chi connectivity index (χ4n) is 2.41. The molecule has 1 fully saturated rings. The van der Waals surface area contributed by atoms with Gasteiger partial charge in [-0.25, -0.2) is 4.79 Å². The van der Waals surface area contributed by atoms with Crippen molar-refractivity contribution in [3.8, 4) is 5.75 Å². The van der Waals surface area contributed by atoms with Crippen LogP contribution in [0.1, 0.15) is 42.5 Å². The second-order valence-electron chi connectivity index (χ2n) is 6.80. The molecule has 3 rings (SSSR count). The van der Waals surface area contributed by atoms with Crippen molar-refractivity contribution in [2.24, 2.45) is 5.10 Å². The van der Waals surface area contributed by atoms with E-state index in [1.807, 2.05) is 19.9 Å². The second-order valence-corrected chi connectivity index (χ2v) is 6.80. The highest BCUT2D eigenvalue weighted by molar-refractivity contribution is 5.94. The highest BCUT2D eigenvalue weighted by Gasteiger charge is 2.21. The SMILES string of the molecule is CC(=O)c1ccc(O)c(CC=C(C)C)c1.O=C1OCCN1N=Cc1ccc([N+](=O)[O-])o1. The number of nitrogens with zero attached hydrogens (tertiary/aromatic N) is 3. The van der Waals surface area contributed by atoms with Gasteiger partial charge in [0.25, 0.3) is 0 Å². The Morgan fingerprint density at radius 2 is 2.03 bits per heavy atom. The molecule has 0 saturated carbocycles. The molecule has 10 heteroatoms. The molecule has 2 aromatic rings. The summed E-state index contributed by atoms with van der Waals surface area (Å²) in [6, 6.07) is 7.57. The molecule has 1 N–H and O–H groups in total. The van der Waals surface area contributed by atoms with Gasteiger partial charge in [-0.1, -0.05) is 11.6 Å². The zero-order valence-electron chi connectivity index (χ0n) is 17.4. The molecule has 1 aromatic heterocycles. The number of hydrogen-bond donors (Lipinski definition) is 1. The monoisotopic (exact) mass is 429 g/mol. The molecule has 2 heterocycles. The number of phenols is 1. The molecule has 0 radical (unpaired) electrons. The van der Waals surface area contributed by atoms with Crippen molar-refractivity contribution < 1.29 is 28.8 Å². The van der Waals surface area contributed by atoms with E-state index in [1.165, 1.54) is 30.8 Å². The van der Waals surface area contributed by atoms with Gasteiger partial charge in [-0.2, -0.15) is 10.1 Å². The topological polar surface area (TPSA) is 135 Å². The number of carbonyl (C=O) groups is 2. The molecular weight excluding hydrogens is 406 g/mol. The van der Waals surface area contributed by atoms with E-state index >= 15 is 0 Å². The van der Waals surface area contributed by atoms with Gasteiger partial charge in [-0.05, 0) is 57.0 Å². The fraction of sp³-hybridized carbons (Fsp3) is 0.286. The molecule has 1 aromatic carbocycles. The van der Waals surface area contributed by atoms with Gasteiger partial charge < -0.3 is 14.3 Å². The van der Waals surface area contributed by atoms with Crippen molar-refractivity contribution in [2.45, 2.75) is 27.2 Å². The van der Waals surface area contributed by atoms with E-state index in [2.05, 4.69) is 9.84 Å².